The van der Waals surface area contributed by atoms with Crippen LogP contribution in [0.1, 0.15) is 26.7 Å². The van der Waals surface area contributed by atoms with Gasteiger partial charge in [-0.15, -0.1) is 0 Å². The molecule has 2 rings (SSSR count). The first-order valence-corrected chi connectivity index (χ1v) is 5.74. The number of aromatic nitrogens is 4. The molecule has 0 radical (unpaired) electrons. The summed E-state index contributed by atoms with van der Waals surface area (Å²) < 4.78 is 6.03. The van der Waals surface area contributed by atoms with E-state index in [9.17, 15) is 9.59 Å². The molecule has 0 saturated heterocycles. The van der Waals surface area contributed by atoms with Crippen molar-refractivity contribution in [1.82, 2.24) is 19.7 Å². The van der Waals surface area contributed by atoms with E-state index in [1.807, 2.05) is 0 Å². The molecule has 1 amide bonds. The van der Waals surface area contributed by atoms with Crippen LogP contribution in [-0.2, 0) is 11.8 Å². The van der Waals surface area contributed by atoms with Crippen molar-refractivity contribution in [2.45, 2.75) is 6.92 Å². The normalized spacial score (nSPS) is 10.2. The Morgan fingerprint density at radius 2 is 2.10 bits per heavy atom. The fourth-order valence-corrected chi connectivity index (χ4v) is 1.73. The Kier molecular flexibility index (Phi) is 3.74. The van der Waals surface area contributed by atoms with E-state index in [0.29, 0.717) is 11.4 Å². The quantitative estimate of drug-likeness (QED) is 0.821. The SMILES string of the molecule is COC(=O)c1c(NC(=O)c2cnccn2)c(C)nn1C. The van der Waals surface area contributed by atoms with Gasteiger partial charge in [0, 0.05) is 19.4 Å². The van der Waals surface area contributed by atoms with E-state index in [1.54, 1.807) is 14.0 Å². The number of aryl methyl sites for hydroxylation is 2. The number of anilines is 1. The summed E-state index contributed by atoms with van der Waals surface area (Å²) in [6.45, 7) is 1.68. The van der Waals surface area contributed by atoms with Crippen molar-refractivity contribution in [2.24, 2.45) is 7.05 Å². The van der Waals surface area contributed by atoms with Crippen molar-refractivity contribution in [1.29, 1.82) is 0 Å². The van der Waals surface area contributed by atoms with Gasteiger partial charge in [0.2, 0.25) is 0 Å². The number of methoxy groups -OCH3 is 1. The van der Waals surface area contributed by atoms with Crippen LogP contribution >= 0.6 is 0 Å². The monoisotopic (exact) mass is 275 g/mol. The molecule has 2 aromatic rings. The number of carbonyl (C=O) groups excluding carboxylic acids is 2. The molecule has 0 fully saturated rings. The highest BCUT2D eigenvalue weighted by Crippen LogP contribution is 2.21. The maximum atomic E-state index is 12.0. The van der Waals surface area contributed by atoms with Gasteiger partial charge in [-0.2, -0.15) is 5.10 Å². The number of esters is 1. The molecule has 0 aliphatic heterocycles. The van der Waals surface area contributed by atoms with E-state index in [1.165, 1.54) is 30.4 Å². The third-order valence-electron chi connectivity index (χ3n) is 2.64. The molecule has 0 atom stereocenters. The van der Waals surface area contributed by atoms with E-state index in [4.69, 9.17) is 0 Å². The maximum Gasteiger partial charge on any atom is 0.358 e. The number of hydrogen-bond donors (Lipinski definition) is 1. The van der Waals surface area contributed by atoms with Crippen LogP contribution in [0, 0.1) is 6.92 Å². The van der Waals surface area contributed by atoms with Crippen molar-refractivity contribution in [3.05, 3.63) is 35.7 Å². The van der Waals surface area contributed by atoms with E-state index in [-0.39, 0.29) is 11.4 Å². The summed E-state index contributed by atoms with van der Waals surface area (Å²) >= 11 is 0. The number of ether oxygens (including phenoxy) is 1. The Bertz CT molecular complexity index is 651. The Hall–Kier alpha value is -2.77. The highest BCUT2D eigenvalue weighted by Gasteiger charge is 2.23. The molecule has 8 nitrogen and oxygen atoms in total. The first kappa shape index (κ1) is 13.7. The van der Waals surface area contributed by atoms with E-state index >= 15 is 0 Å². The van der Waals surface area contributed by atoms with Gasteiger partial charge in [-0.1, -0.05) is 0 Å². The number of rotatable bonds is 3. The summed E-state index contributed by atoms with van der Waals surface area (Å²) in [5.41, 5.74) is 1.12. The minimum atomic E-state index is -0.581. The number of carbonyl (C=O) groups is 2. The molecule has 0 aromatic carbocycles. The summed E-state index contributed by atoms with van der Waals surface area (Å²) in [6.07, 6.45) is 4.21. The van der Waals surface area contributed by atoms with Crippen molar-refractivity contribution < 1.29 is 14.3 Å². The fourth-order valence-electron chi connectivity index (χ4n) is 1.73. The molecule has 8 heteroatoms. The maximum absolute atomic E-state index is 12.0. The van der Waals surface area contributed by atoms with Crippen LogP contribution in [0.15, 0.2) is 18.6 Å². The smallest absolute Gasteiger partial charge is 0.358 e. The zero-order valence-electron chi connectivity index (χ0n) is 11.2. The van der Waals surface area contributed by atoms with Gasteiger partial charge in [-0.05, 0) is 6.92 Å². The van der Waals surface area contributed by atoms with Crippen LogP contribution in [-0.4, -0.2) is 38.7 Å². The van der Waals surface area contributed by atoms with Gasteiger partial charge in [0.25, 0.3) is 5.91 Å². The van der Waals surface area contributed by atoms with Crippen molar-refractivity contribution >= 4 is 17.6 Å². The third-order valence-corrected chi connectivity index (χ3v) is 2.64. The summed E-state index contributed by atoms with van der Waals surface area (Å²) in [4.78, 5) is 31.5. The summed E-state index contributed by atoms with van der Waals surface area (Å²) in [6, 6.07) is 0. The minimum Gasteiger partial charge on any atom is -0.464 e. The molecule has 0 aliphatic rings. The van der Waals surface area contributed by atoms with Gasteiger partial charge in [0.1, 0.15) is 5.69 Å². The lowest BCUT2D eigenvalue weighted by atomic mass is 10.2. The Balaban J connectivity index is 2.34. The number of hydrogen-bond acceptors (Lipinski definition) is 6. The lowest BCUT2D eigenvalue weighted by Gasteiger charge is -2.06. The second kappa shape index (κ2) is 5.47. The molecule has 0 spiro atoms. The molecule has 1 N–H and O–H groups in total. The number of nitrogens with zero attached hydrogens (tertiary/aromatic N) is 4. The van der Waals surface area contributed by atoms with Gasteiger partial charge in [0.15, 0.2) is 5.69 Å². The van der Waals surface area contributed by atoms with Crippen LogP contribution in [0.25, 0.3) is 0 Å². The van der Waals surface area contributed by atoms with E-state index < -0.39 is 11.9 Å². The lowest BCUT2D eigenvalue weighted by molar-refractivity contribution is 0.0589. The number of amides is 1. The zero-order valence-corrected chi connectivity index (χ0v) is 11.2. The highest BCUT2D eigenvalue weighted by atomic mass is 16.5. The van der Waals surface area contributed by atoms with Crippen LogP contribution in [0.3, 0.4) is 0 Å². The van der Waals surface area contributed by atoms with Crippen LogP contribution < -0.4 is 5.32 Å². The van der Waals surface area contributed by atoms with Gasteiger partial charge >= 0.3 is 5.97 Å². The topological polar surface area (TPSA) is 99.0 Å². The second-order valence-corrected chi connectivity index (χ2v) is 3.97. The minimum absolute atomic E-state index is 0.145. The molecule has 20 heavy (non-hydrogen) atoms. The molecular formula is C12H13N5O3. The summed E-state index contributed by atoms with van der Waals surface area (Å²) in [5, 5.41) is 6.70. The van der Waals surface area contributed by atoms with Crippen LogP contribution in [0.2, 0.25) is 0 Å². The molecule has 2 aromatic heterocycles. The molecular weight excluding hydrogens is 262 g/mol. The molecule has 2 heterocycles. The molecule has 0 aliphatic carbocycles. The van der Waals surface area contributed by atoms with Gasteiger partial charge in [-0.3, -0.25) is 14.5 Å². The predicted molar refractivity (Wildman–Crippen MR) is 69.3 cm³/mol. The van der Waals surface area contributed by atoms with Crippen molar-refractivity contribution in [3.63, 3.8) is 0 Å². The third kappa shape index (κ3) is 2.48. The summed E-state index contributed by atoms with van der Waals surface area (Å²) in [7, 11) is 2.86. The lowest BCUT2D eigenvalue weighted by Crippen LogP contribution is -2.17. The molecule has 0 unspecified atom stereocenters. The van der Waals surface area contributed by atoms with Crippen molar-refractivity contribution in [3.8, 4) is 0 Å². The highest BCUT2D eigenvalue weighted by molar-refractivity contribution is 6.06. The first-order valence-electron chi connectivity index (χ1n) is 5.74. The predicted octanol–water partition coefficient (Wildman–Crippen LogP) is 0.557. The standard InChI is InChI=1S/C12H13N5O3/c1-7-9(10(12(19)20-3)17(2)16-7)15-11(18)8-6-13-4-5-14-8/h4-6H,1-3H3,(H,15,18). The van der Waals surface area contributed by atoms with E-state index in [0.717, 1.165) is 0 Å². The Morgan fingerprint density at radius 3 is 2.70 bits per heavy atom. The zero-order chi connectivity index (χ0) is 14.7. The Morgan fingerprint density at radius 1 is 1.35 bits per heavy atom. The molecule has 0 saturated carbocycles. The van der Waals surface area contributed by atoms with Crippen LogP contribution in [0.4, 0.5) is 5.69 Å². The largest absolute Gasteiger partial charge is 0.464 e. The Labute approximate surface area is 114 Å². The summed E-state index contributed by atoms with van der Waals surface area (Å²) in [5.74, 6) is -1.05. The van der Waals surface area contributed by atoms with Crippen molar-refractivity contribution in [2.75, 3.05) is 12.4 Å². The van der Waals surface area contributed by atoms with Gasteiger partial charge in [-0.25, -0.2) is 9.78 Å². The fraction of sp³-hybridized carbons (Fsp3) is 0.250. The van der Waals surface area contributed by atoms with E-state index in [2.05, 4.69) is 25.1 Å². The number of nitrogens with one attached hydrogen (secondary N) is 1. The second-order valence-electron chi connectivity index (χ2n) is 3.97. The average Bonchev–Trinajstić information content (AvgIpc) is 2.73. The van der Waals surface area contributed by atoms with Gasteiger partial charge < -0.3 is 10.1 Å². The average molecular weight is 275 g/mol. The van der Waals surface area contributed by atoms with Gasteiger partial charge in [0.05, 0.1) is 24.7 Å². The molecule has 0 bridgehead atoms. The first-order chi connectivity index (χ1) is 9.54. The molecule has 104 valence electrons. The van der Waals surface area contributed by atoms with Crippen LogP contribution in [0.5, 0.6) is 0 Å².